The fraction of sp³-hybridized carbons (Fsp3) is 0.333. The summed E-state index contributed by atoms with van der Waals surface area (Å²) in [6.45, 7) is 2.32. The number of nitrogens with zero attached hydrogens (tertiary/aromatic N) is 2. The van der Waals surface area contributed by atoms with Crippen LogP contribution in [0.1, 0.15) is 34.8 Å². The van der Waals surface area contributed by atoms with Gasteiger partial charge in [-0.2, -0.15) is 13.2 Å². The summed E-state index contributed by atoms with van der Waals surface area (Å²) < 4.78 is 40.4. The van der Waals surface area contributed by atoms with Gasteiger partial charge in [0.2, 0.25) is 5.91 Å². The second-order valence-corrected chi connectivity index (χ2v) is 7.07. The van der Waals surface area contributed by atoms with Gasteiger partial charge in [-0.3, -0.25) is 9.59 Å². The first-order valence-corrected chi connectivity index (χ1v) is 9.25. The molecule has 0 saturated heterocycles. The average Bonchev–Trinajstić information content (AvgIpc) is 3.09. The number of nitrogens with one attached hydrogen (secondary N) is 1. The summed E-state index contributed by atoms with van der Waals surface area (Å²) in [6.07, 6.45) is -3.62. The Morgan fingerprint density at radius 3 is 2.48 bits per heavy atom. The van der Waals surface area contributed by atoms with Crippen molar-refractivity contribution in [3.8, 4) is 0 Å². The largest absolute Gasteiger partial charge is 0.418 e. The second-order valence-electron chi connectivity index (χ2n) is 7.07. The van der Waals surface area contributed by atoms with E-state index in [4.69, 9.17) is 0 Å². The molecule has 29 heavy (non-hydrogen) atoms. The van der Waals surface area contributed by atoms with Crippen molar-refractivity contribution >= 4 is 28.9 Å². The van der Waals surface area contributed by atoms with Gasteiger partial charge in [0.25, 0.3) is 5.91 Å². The van der Waals surface area contributed by atoms with Crippen molar-refractivity contribution in [2.45, 2.75) is 25.9 Å². The highest BCUT2D eigenvalue weighted by atomic mass is 19.4. The molecule has 5 nitrogen and oxygen atoms in total. The van der Waals surface area contributed by atoms with Crippen LogP contribution >= 0.6 is 0 Å². The van der Waals surface area contributed by atoms with Gasteiger partial charge in [0, 0.05) is 44.0 Å². The number of anilines is 3. The van der Waals surface area contributed by atoms with Crippen molar-refractivity contribution in [2.24, 2.45) is 0 Å². The van der Waals surface area contributed by atoms with Gasteiger partial charge in [-0.05, 0) is 48.4 Å². The molecule has 0 spiro atoms. The van der Waals surface area contributed by atoms with E-state index >= 15 is 0 Å². The van der Waals surface area contributed by atoms with E-state index in [1.165, 1.54) is 18.2 Å². The molecule has 2 aromatic rings. The maximum Gasteiger partial charge on any atom is 0.418 e. The lowest BCUT2D eigenvalue weighted by molar-refractivity contribution is -0.136. The van der Waals surface area contributed by atoms with Crippen LogP contribution in [0.2, 0.25) is 0 Å². The minimum Gasteiger partial charge on any atom is -0.378 e. The topological polar surface area (TPSA) is 52.7 Å². The Balaban J connectivity index is 1.87. The first-order valence-electron chi connectivity index (χ1n) is 9.25. The Morgan fingerprint density at radius 2 is 1.86 bits per heavy atom. The minimum absolute atomic E-state index is 0.00301. The van der Waals surface area contributed by atoms with Crippen LogP contribution in [-0.4, -0.2) is 32.5 Å². The molecule has 0 aromatic heterocycles. The van der Waals surface area contributed by atoms with E-state index in [1.54, 1.807) is 43.0 Å². The van der Waals surface area contributed by atoms with Crippen LogP contribution in [0.25, 0.3) is 0 Å². The monoisotopic (exact) mass is 405 g/mol. The summed E-state index contributed by atoms with van der Waals surface area (Å²) in [5, 5.41) is 2.38. The summed E-state index contributed by atoms with van der Waals surface area (Å²) in [6, 6.07) is 8.61. The highest BCUT2D eigenvalue weighted by Gasteiger charge is 2.34. The van der Waals surface area contributed by atoms with Gasteiger partial charge in [0.15, 0.2) is 0 Å². The molecule has 0 bridgehead atoms. The number of fused-ring (bicyclic) bond motifs is 1. The Labute approximate surface area is 167 Å². The predicted octanol–water partition coefficient (Wildman–Crippen LogP) is 4.32. The van der Waals surface area contributed by atoms with E-state index in [2.05, 4.69) is 5.32 Å². The molecule has 0 atom stereocenters. The lowest BCUT2D eigenvalue weighted by atomic mass is 10.1. The fourth-order valence-electron chi connectivity index (χ4n) is 3.34. The highest BCUT2D eigenvalue weighted by molar-refractivity contribution is 6.06. The lowest BCUT2D eigenvalue weighted by Gasteiger charge is -2.19. The number of halogens is 3. The van der Waals surface area contributed by atoms with Crippen LogP contribution < -0.4 is 15.1 Å². The van der Waals surface area contributed by atoms with Gasteiger partial charge in [-0.15, -0.1) is 0 Å². The summed E-state index contributed by atoms with van der Waals surface area (Å²) in [5.74, 6) is -0.632. The third-order valence-electron chi connectivity index (χ3n) is 4.91. The predicted molar refractivity (Wildman–Crippen MR) is 107 cm³/mol. The van der Waals surface area contributed by atoms with Gasteiger partial charge in [-0.1, -0.05) is 6.92 Å². The number of hydrogen-bond donors (Lipinski definition) is 1. The SMILES string of the molecule is CCC(=O)N1CCc2cc(C(=O)Nc3ccc(N(C)C)cc3C(F)(F)F)ccc21. The quantitative estimate of drug-likeness (QED) is 0.824. The van der Waals surface area contributed by atoms with Crippen LogP contribution in [-0.2, 0) is 17.4 Å². The van der Waals surface area contributed by atoms with Crippen LogP contribution in [0.15, 0.2) is 36.4 Å². The number of carbonyl (C=O) groups is 2. The molecular weight excluding hydrogens is 383 g/mol. The van der Waals surface area contributed by atoms with E-state index in [1.807, 2.05) is 0 Å². The molecule has 0 fully saturated rings. The molecule has 1 heterocycles. The molecule has 0 aliphatic carbocycles. The maximum atomic E-state index is 13.5. The second kappa shape index (κ2) is 7.77. The summed E-state index contributed by atoms with van der Waals surface area (Å²) >= 11 is 0. The van der Waals surface area contributed by atoms with Gasteiger partial charge in [0.1, 0.15) is 0 Å². The van der Waals surface area contributed by atoms with Crippen molar-refractivity contribution in [1.29, 1.82) is 0 Å². The third kappa shape index (κ3) is 4.21. The number of benzene rings is 2. The molecule has 2 amide bonds. The van der Waals surface area contributed by atoms with Gasteiger partial charge in [0.05, 0.1) is 11.3 Å². The zero-order valence-corrected chi connectivity index (χ0v) is 16.4. The standard InChI is InChI=1S/C21H22F3N3O2/c1-4-19(28)27-10-9-13-11-14(5-8-18(13)27)20(29)25-17-7-6-15(26(2)3)12-16(17)21(22,23)24/h5-8,11-12H,4,9-10H2,1-3H3,(H,25,29). The van der Waals surface area contributed by atoms with Crippen LogP contribution in [0, 0.1) is 0 Å². The Bertz CT molecular complexity index is 955. The van der Waals surface area contributed by atoms with Gasteiger partial charge >= 0.3 is 6.18 Å². The molecule has 1 aliphatic rings. The molecule has 0 unspecified atom stereocenters. The van der Waals surface area contributed by atoms with Gasteiger partial charge < -0.3 is 15.1 Å². The van der Waals surface area contributed by atoms with Crippen molar-refractivity contribution in [1.82, 2.24) is 0 Å². The van der Waals surface area contributed by atoms with E-state index in [0.717, 1.165) is 17.3 Å². The average molecular weight is 405 g/mol. The third-order valence-corrected chi connectivity index (χ3v) is 4.91. The van der Waals surface area contributed by atoms with E-state index in [9.17, 15) is 22.8 Å². The van der Waals surface area contributed by atoms with Crippen molar-refractivity contribution in [3.05, 3.63) is 53.1 Å². The number of alkyl halides is 3. The summed E-state index contributed by atoms with van der Waals surface area (Å²) in [4.78, 5) is 27.8. The normalized spacial score (nSPS) is 13.2. The molecule has 2 aromatic carbocycles. The number of carbonyl (C=O) groups excluding carboxylic acids is 2. The van der Waals surface area contributed by atoms with Crippen molar-refractivity contribution in [2.75, 3.05) is 35.8 Å². The molecule has 3 rings (SSSR count). The summed E-state index contributed by atoms with van der Waals surface area (Å²) in [7, 11) is 3.29. The molecule has 154 valence electrons. The zero-order valence-electron chi connectivity index (χ0n) is 16.4. The van der Waals surface area contributed by atoms with Crippen molar-refractivity contribution < 1.29 is 22.8 Å². The Kier molecular flexibility index (Phi) is 5.55. The lowest BCUT2D eigenvalue weighted by Crippen LogP contribution is -2.27. The van der Waals surface area contributed by atoms with E-state index in [0.29, 0.717) is 25.1 Å². The minimum atomic E-state index is -4.60. The molecule has 1 aliphatic heterocycles. The van der Waals surface area contributed by atoms with Crippen LogP contribution in [0.4, 0.5) is 30.2 Å². The van der Waals surface area contributed by atoms with E-state index < -0.39 is 17.6 Å². The number of hydrogen-bond acceptors (Lipinski definition) is 3. The van der Waals surface area contributed by atoms with Crippen molar-refractivity contribution in [3.63, 3.8) is 0 Å². The van der Waals surface area contributed by atoms with Crippen LogP contribution in [0.5, 0.6) is 0 Å². The molecular formula is C21H22F3N3O2. The molecule has 0 radical (unpaired) electrons. The number of amides is 2. The zero-order chi connectivity index (χ0) is 21.3. The smallest absolute Gasteiger partial charge is 0.378 e. The molecule has 1 N–H and O–H groups in total. The molecule has 0 saturated carbocycles. The Morgan fingerprint density at radius 1 is 1.14 bits per heavy atom. The fourth-order valence-corrected chi connectivity index (χ4v) is 3.34. The Hall–Kier alpha value is -3.03. The molecule has 8 heteroatoms. The highest BCUT2D eigenvalue weighted by Crippen LogP contribution is 2.37. The summed E-state index contributed by atoms with van der Waals surface area (Å²) in [5.41, 5.74) is 1.01. The first kappa shape index (κ1) is 20.7. The first-order chi connectivity index (χ1) is 13.6. The van der Waals surface area contributed by atoms with Gasteiger partial charge in [-0.25, -0.2) is 0 Å². The van der Waals surface area contributed by atoms with E-state index in [-0.39, 0.29) is 17.2 Å². The number of rotatable bonds is 4. The maximum absolute atomic E-state index is 13.5. The van der Waals surface area contributed by atoms with Crippen LogP contribution in [0.3, 0.4) is 0 Å².